The maximum absolute atomic E-state index is 13.2. The van der Waals surface area contributed by atoms with Crippen molar-refractivity contribution < 1.29 is 9.59 Å². The zero-order valence-electron chi connectivity index (χ0n) is 15.5. The summed E-state index contributed by atoms with van der Waals surface area (Å²) in [6.45, 7) is 10.5. The molecule has 1 saturated carbocycles. The number of carbonyl (C=O) groups is 2. The zero-order valence-corrected chi connectivity index (χ0v) is 15.5. The lowest BCUT2D eigenvalue weighted by Crippen LogP contribution is -2.55. The van der Waals surface area contributed by atoms with Gasteiger partial charge in [0.1, 0.15) is 0 Å². The average molecular weight is 330 g/mol. The number of allylic oxidation sites excluding steroid dienone is 2. The Hall–Kier alpha value is -1.42. The van der Waals surface area contributed by atoms with Gasteiger partial charge < -0.3 is 11.5 Å². The molecule has 0 bridgehead atoms. The number of hydrogen-bond acceptors (Lipinski definition) is 4. The van der Waals surface area contributed by atoms with Crippen molar-refractivity contribution in [3.63, 3.8) is 0 Å². The van der Waals surface area contributed by atoms with Crippen LogP contribution in [0.5, 0.6) is 0 Å². The van der Waals surface area contributed by atoms with E-state index >= 15 is 0 Å². The van der Waals surface area contributed by atoms with E-state index in [1.807, 2.05) is 13.8 Å². The van der Waals surface area contributed by atoms with Gasteiger partial charge in [0.15, 0.2) is 5.78 Å². The van der Waals surface area contributed by atoms with E-state index in [-0.39, 0.29) is 40.1 Å². The lowest BCUT2D eigenvalue weighted by Gasteiger charge is -2.56. The monoisotopic (exact) mass is 330 g/mol. The summed E-state index contributed by atoms with van der Waals surface area (Å²) in [4.78, 5) is 26.3. The molecule has 0 radical (unpaired) electrons. The number of rotatable bonds is 1. The van der Waals surface area contributed by atoms with Crippen molar-refractivity contribution in [1.29, 1.82) is 0 Å². The third-order valence-electron chi connectivity index (χ3n) is 6.76. The predicted octanol–water partition coefficient (Wildman–Crippen LogP) is 2.87. The van der Waals surface area contributed by atoms with Crippen LogP contribution in [0.4, 0.5) is 0 Å². The summed E-state index contributed by atoms with van der Waals surface area (Å²) >= 11 is 0. The molecule has 0 spiro atoms. The van der Waals surface area contributed by atoms with Gasteiger partial charge in [-0.15, -0.1) is 0 Å². The summed E-state index contributed by atoms with van der Waals surface area (Å²) in [5.74, 6) is -0.00465. The van der Waals surface area contributed by atoms with Gasteiger partial charge in [-0.25, -0.2) is 0 Å². The second-order valence-electron chi connectivity index (χ2n) is 9.08. The highest BCUT2D eigenvalue weighted by molar-refractivity contribution is 6.26. The Bertz CT molecular complexity index is 684. The van der Waals surface area contributed by atoms with Gasteiger partial charge in [-0.3, -0.25) is 9.59 Å². The number of Topliss-reactive ketones (excluding diaryl/α,β-unsaturated/α-hetero) is 2. The van der Waals surface area contributed by atoms with Gasteiger partial charge in [0.2, 0.25) is 5.78 Å². The fourth-order valence-corrected chi connectivity index (χ4v) is 5.63. The zero-order chi connectivity index (χ0) is 18.0. The molecular weight excluding hydrogens is 300 g/mol. The third-order valence-corrected chi connectivity index (χ3v) is 6.76. The summed E-state index contributed by atoms with van der Waals surface area (Å²) in [5.41, 5.74) is 14.2. The van der Waals surface area contributed by atoms with Gasteiger partial charge >= 0.3 is 0 Å². The van der Waals surface area contributed by atoms with Crippen LogP contribution in [-0.2, 0) is 9.59 Å². The van der Waals surface area contributed by atoms with Crippen molar-refractivity contribution in [2.45, 2.75) is 66.3 Å². The summed E-state index contributed by atoms with van der Waals surface area (Å²) in [6.07, 6.45) is 3.89. The van der Waals surface area contributed by atoms with Gasteiger partial charge in [-0.05, 0) is 36.5 Å². The molecule has 3 aliphatic rings. The molecule has 3 atom stereocenters. The molecule has 0 aromatic carbocycles. The van der Waals surface area contributed by atoms with Crippen molar-refractivity contribution in [3.8, 4) is 0 Å². The minimum Gasteiger partial charge on any atom is -0.395 e. The molecular formula is C20H30N2O2. The molecule has 0 aromatic rings. The van der Waals surface area contributed by atoms with E-state index in [0.29, 0.717) is 22.6 Å². The van der Waals surface area contributed by atoms with Crippen molar-refractivity contribution in [2.75, 3.05) is 0 Å². The minimum absolute atomic E-state index is 0.0731. The molecule has 24 heavy (non-hydrogen) atoms. The number of nitrogens with two attached hydrogens (primary N) is 2. The van der Waals surface area contributed by atoms with E-state index in [9.17, 15) is 9.59 Å². The van der Waals surface area contributed by atoms with Crippen LogP contribution in [0.2, 0.25) is 0 Å². The quantitative estimate of drug-likeness (QED) is 0.724. The first-order valence-electron chi connectivity index (χ1n) is 9.11. The Labute approximate surface area is 144 Å². The molecule has 4 nitrogen and oxygen atoms in total. The summed E-state index contributed by atoms with van der Waals surface area (Å²) < 4.78 is 0. The molecule has 4 heteroatoms. The van der Waals surface area contributed by atoms with E-state index < -0.39 is 0 Å². The second kappa shape index (κ2) is 5.29. The molecule has 4 N–H and O–H groups in total. The highest BCUT2D eigenvalue weighted by Gasteiger charge is 2.56. The Morgan fingerprint density at radius 3 is 2.29 bits per heavy atom. The molecule has 0 heterocycles. The first kappa shape index (κ1) is 17.4. The minimum atomic E-state index is -0.367. The first-order valence-corrected chi connectivity index (χ1v) is 9.11. The first-order chi connectivity index (χ1) is 11.0. The number of ketones is 2. The summed E-state index contributed by atoms with van der Waals surface area (Å²) in [6, 6.07) is -0.367. The Kier molecular flexibility index (Phi) is 3.83. The Balaban J connectivity index is 2.22. The summed E-state index contributed by atoms with van der Waals surface area (Å²) in [7, 11) is 0. The molecule has 0 aromatic heterocycles. The van der Waals surface area contributed by atoms with Crippen LogP contribution in [-0.4, -0.2) is 17.6 Å². The molecule has 1 fully saturated rings. The Morgan fingerprint density at radius 1 is 1.08 bits per heavy atom. The fourth-order valence-electron chi connectivity index (χ4n) is 5.63. The van der Waals surface area contributed by atoms with E-state index in [4.69, 9.17) is 11.5 Å². The standard InChI is InChI=1S/C20H30N2O2/c1-10(2)13-16(22)18(24)15-14(17(13)23)11(21)9-12-19(3,4)7-6-8-20(12,15)5/h10-12H,6-9,21-22H2,1-5H3. The van der Waals surface area contributed by atoms with Crippen LogP contribution in [0, 0.1) is 22.7 Å². The topological polar surface area (TPSA) is 86.2 Å². The largest absolute Gasteiger partial charge is 0.395 e. The van der Waals surface area contributed by atoms with Crippen LogP contribution < -0.4 is 11.5 Å². The molecule has 3 unspecified atom stereocenters. The lowest BCUT2D eigenvalue weighted by atomic mass is 9.48. The lowest BCUT2D eigenvalue weighted by molar-refractivity contribution is -0.120. The van der Waals surface area contributed by atoms with Crippen LogP contribution in [0.3, 0.4) is 0 Å². The molecule has 3 aliphatic carbocycles. The van der Waals surface area contributed by atoms with Crippen molar-refractivity contribution >= 4 is 11.6 Å². The number of fused-ring (bicyclic) bond motifs is 2. The molecule has 0 aliphatic heterocycles. The third kappa shape index (κ3) is 2.15. The van der Waals surface area contributed by atoms with Gasteiger partial charge in [0, 0.05) is 28.2 Å². The fraction of sp³-hybridized carbons (Fsp3) is 0.700. The van der Waals surface area contributed by atoms with Crippen molar-refractivity contribution in [3.05, 3.63) is 22.4 Å². The van der Waals surface area contributed by atoms with Crippen LogP contribution in [0.25, 0.3) is 0 Å². The van der Waals surface area contributed by atoms with Crippen LogP contribution in [0.1, 0.15) is 60.3 Å². The van der Waals surface area contributed by atoms with Crippen molar-refractivity contribution in [2.24, 2.45) is 34.1 Å². The average Bonchev–Trinajstić information content (AvgIpc) is 2.45. The normalized spacial score (nSPS) is 36.1. The van der Waals surface area contributed by atoms with Gasteiger partial charge in [-0.1, -0.05) is 41.0 Å². The molecule has 3 rings (SSSR count). The summed E-state index contributed by atoms with van der Waals surface area (Å²) in [5, 5.41) is 0. The second-order valence-corrected chi connectivity index (χ2v) is 9.08. The molecule has 0 saturated heterocycles. The smallest absolute Gasteiger partial charge is 0.206 e. The van der Waals surface area contributed by atoms with E-state index in [1.165, 1.54) is 0 Å². The van der Waals surface area contributed by atoms with E-state index in [1.54, 1.807) is 0 Å². The predicted molar refractivity (Wildman–Crippen MR) is 94.9 cm³/mol. The van der Waals surface area contributed by atoms with Crippen LogP contribution in [0.15, 0.2) is 22.4 Å². The van der Waals surface area contributed by atoms with E-state index in [0.717, 1.165) is 25.7 Å². The number of hydrogen-bond donors (Lipinski definition) is 2. The number of carbonyl (C=O) groups excluding carboxylic acids is 2. The van der Waals surface area contributed by atoms with Gasteiger partial charge in [-0.2, -0.15) is 0 Å². The maximum Gasteiger partial charge on any atom is 0.206 e. The molecule has 132 valence electrons. The van der Waals surface area contributed by atoms with Crippen molar-refractivity contribution in [1.82, 2.24) is 0 Å². The highest BCUT2D eigenvalue weighted by atomic mass is 16.1. The van der Waals surface area contributed by atoms with Crippen LogP contribution >= 0.6 is 0 Å². The van der Waals surface area contributed by atoms with E-state index in [2.05, 4.69) is 20.8 Å². The SMILES string of the molecule is CC(C)C1=C(N)C(=O)C2=C(C1=O)C(N)CC1C(C)(C)CCCC21C. The Morgan fingerprint density at radius 2 is 1.71 bits per heavy atom. The highest BCUT2D eigenvalue weighted by Crippen LogP contribution is 2.60. The van der Waals surface area contributed by atoms with Gasteiger partial charge in [0.05, 0.1) is 5.70 Å². The van der Waals surface area contributed by atoms with Gasteiger partial charge in [0.25, 0.3) is 0 Å². The maximum atomic E-state index is 13.2. The molecule has 0 amide bonds.